The molecular weight excluding hydrogens is 208 g/mol. The first-order valence-corrected chi connectivity index (χ1v) is 6.89. The lowest BCUT2D eigenvalue weighted by Gasteiger charge is -2.56. The highest BCUT2D eigenvalue weighted by Gasteiger charge is 2.54. The molecular formula is C16H34O. The number of aliphatic hydroxyl groups is 1. The van der Waals surface area contributed by atoms with Crippen molar-refractivity contribution in [2.45, 2.75) is 81.3 Å². The van der Waals surface area contributed by atoms with Crippen LogP contribution in [0.1, 0.15) is 75.7 Å². The van der Waals surface area contributed by atoms with Gasteiger partial charge in [-0.25, -0.2) is 0 Å². The zero-order chi connectivity index (χ0) is 14.3. The summed E-state index contributed by atoms with van der Waals surface area (Å²) < 4.78 is 0. The van der Waals surface area contributed by atoms with Gasteiger partial charge in [-0.1, -0.05) is 62.3 Å². The van der Waals surface area contributed by atoms with E-state index in [0.717, 1.165) is 6.42 Å². The lowest BCUT2D eigenvalue weighted by Crippen LogP contribution is -2.58. The largest absolute Gasteiger partial charge is 0.389 e. The average molecular weight is 242 g/mol. The molecule has 1 N–H and O–H groups in total. The monoisotopic (exact) mass is 242 g/mol. The third kappa shape index (κ3) is 3.05. The summed E-state index contributed by atoms with van der Waals surface area (Å²) in [6.07, 6.45) is 1.04. The molecule has 0 radical (unpaired) electrons. The van der Waals surface area contributed by atoms with Crippen molar-refractivity contribution in [2.24, 2.45) is 22.2 Å². The molecule has 0 aromatic rings. The van der Waals surface area contributed by atoms with E-state index >= 15 is 0 Å². The molecule has 0 saturated carbocycles. The van der Waals surface area contributed by atoms with Gasteiger partial charge in [0.15, 0.2) is 0 Å². The topological polar surface area (TPSA) is 20.2 Å². The third-order valence-electron chi connectivity index (χ3n) is 5.33. The Morgan fingerprint density at radius 3 is 1.41 bits per heavy atom. The fraction of sp³-hybridized carbons (Fsp3) is 1.00. The highest BCUT2D eigenvalue weighted by atomic mass is 16.3. The Hall–Kier alpha value is -0.0400. The minimum absolute atomic E-state index is 0.0742. The van der Waals surface area contributed by atoms with Gasteiger partial charge in [0.25, 0.3) is 0 Å². The van der Waals surface area contributed by atoms with Gasteiger partial charge in [-0.15, -0.1) is 0 Å². The van der Waals surface area contributed by atoms with E-state index in [0.29, 0.717) is 5.92 Å². The maximum absolute atomic E-state index is 11.2. The molecule has 0 aliphatic heterocycles. The van der Waals surface area contributed by atoms with Crippen LogP contribution in [0.4, 0.5) is 0 Å². The van der Waals surface area contributed by atoms with Crippen molar-refractivity contribution in [3.63, 3.8) is 0 Å². The summed E-state index contributed by atoms with van der Waals surface area (Å²) in [5.41, 5.74) is -0.844. The van der Waals surface area contributed by atoms with Crippen LogP contribution in [0.15, 0.2) is 0 Å². The predicted octanol–water partition coefficient (Wildman–Crippen LogP) is 4.88. The number of rotatable bonds is 4. The highest BCUT2D eigenvalue weighted by molar-refractivity contribution is 5.04. The van der Waals surface area contributed by atoms with E-state index in [1.54, 1.807) is 0 Å². The van der Waals surface area contributed by atoms with Crippen molar-refractivity contribution in [1.82, 2.24) is 0 Å². The SMILES string of the molecule is CC(C)CC(C)(C)C(C)(O)C(C)(C)C(C)(C)C. The molecule has 0 aliphatic rings. The van der Waals surface area contributed by atoms with Gasteiger partial charge in [-0.2, -0.15) is 0 Å². The van der Waals surface area contributed by atoms with Crippen LogP contribution in [0.25, 0.3) is 0 Å². The van der Waals surface area contributed by atoms with Gasteiger partial charge in [0.1, 0.15) is 0 Å². The van der Waals surface area contributed by atoms with Gasteiger partial charge < -0.3 is 5.11 Å². The molecule has 0 saturated heterocycles. The molecule has 0 bridgehead atoms. The second kappa shape index (κ2) is 4.57. The Balaban J connectivity index is 5.39. The van der Waals surface area contributed by atoms with Crippen LogP contribution in [0.3, 0.4) is 0 Å². The molecule has 0 aliphatic carbocycles. The van der Waals surface area contributed by atoms with Gasteiger partial charge in [-0.3, -0.25) is 0 Å². The Kier molecular flexibility index (Phi) is 4.56. The van der Waals surface area contributed by atoms with Gasteiger partial charge in [0.05, 0.1) is 5.60 Å². The van der Waals surface area contributed by atoms with Crippen molar-refractivity contribution < 1.29 is 5.11 Å². The Bertz CT molecular complexity index is 251. The molecule has 0 amide bonds. The van der Waals surface area contributed by atoms with E-state index in [1.807, 2.05) is 6.92 Å². The van der Waals surface area contributed by atoms with Gasteiger partial charge in [-0.05, 0) is 35.5 Å². The third-order valence-corrected chi connectivity index (χ3v) is 5.33. The standard InChI is InChI=1S/C16H34O/c1-12(2)11-14(6,7)16(10,17)15(8,9)13(3,4)5/h12,17H,11H2,1-10H3. The second-order valence-corrected chi connectivity index (χ2v) is 8.43. The van der Waals surface area contributed by atoms with Crippen LogP contribution in [0.2, 0.25) is 0 Å². The van der Waals surface area contributed by atoms with Crippen LogP contribution in [-0.4, -0.2) is 10.7 Å². The van der Waals surface area contributed by atoms with E-state index in [2.05, 4.69) is 62.3 Å². The average Bonchev–Trinajstić information content (AvgIpc) is 1.98. The van der Waals surface area contributed by atoms with Crippen LogP contribution >= 0.6 is 0 Å². The molecule has 1 atom stereocenters. The van der Waals surface area contributed by atoms with Crippen molar-refractivity contribution in [3.05, 3.63) is 0 Å². The van der Waals surface area contributed by atoms with Gasteiger partial charge >= 0.3 is 0 Å². The smallest absolute Gasteiger partial charge is 0.0726 e. The lowest BCUT2D eigenvalue weighted by atomic mass is 9.52. The summed E-state index contributed by atoms with van der Waals surface area (Å²) in [5, 5.41) is 11.2. The fourth-order valence-corrected chi connectivity index (χ4v) is 2.80. The molecule has 0 spiro atoms. The summed E-state index contributed by atoms with van der Waals surface area (Å²) >= 11 is 0. The first-order valence-electron chi connectivity index (χ1n) is 6.89. The maximum Gasteiger partial charge on any atom is 0.0726 e. The summed E-state index contributed by atoms with van der Waals surface area (Å²) in [4.78, 5) is 0. The summed E-state index contributed by atoms with van der Waals surface area (Å²) in [5.74, 6) is 0.604. The molecule has 17 heavy (non-hydrogen) atoms. The minimum atomic E-state index is -0.692. The van der Waals surface area contributed by atoms with Crippen molar-refractivity contribution in [1.29, 1.82) is 0 Å². The molecule has 1 heteroatoms. The molecule has 0 aromatic carbocycles. The zero-order valence-electron chi connectivity index (χ0n) is 13.7. The van der Waals surface area contributed by atoms with Crippen LogP contribution in [-0.2, 0) is 0 Å². The lowest BCUT2D eigenvalue weighted by molar-refractivity contribution is -0.180. The van der Waals surface area contributed by atoms with Gasteiger partial charge in [0, 0.05) is 0 Å². The highest BCUT2D eigenvalue weighted by Crippen LogP contribution is 2.54. The van der Waals surface area contributed by atoms with Crippen molar-refractivity contribution in [3.8, 4) is 0 Å². The van der Waals surface area contributed by atoms with Crippen LogP contribution in [0, 0.1) is 22.2 Å². The van der Waals surface area contributed by atoms with Crippen molar-refractivity contribution in [2.75, 3.05) is 0 Å². The molecule has 0 fully saturated rings. The Morgan fingerprint density at radius 1 is 0.824 bits per heavy atom. The molecule has 1 nitrogen and oxygen atoms in total. The summed E-state index contributed by atoms with van der Waals surface area (Å²) in [6.45, 7) is 21.9. The quantitative estimate of drug-likeness (QED) is 0.745. The van der Waals surface area contributed by atoms with E-state index in [9.17, 15) is 5.11 Å². The fourth-order valence-electron chi connectivity index (χ4n) is 2.80. The van der Waals surface area contributed by atoms with E-state index in [1.165, 1.54) is 0 Å². The maximum atomic E-state index is 11.2. The minimum Gasteiger partial charge on any atom is -0.389 e. The Morgan fingerprint density at radius 2 is 1.18 bits per heavy atom. The van der Waals surface area contributed by atoms with Crippen LogP contribution in [0.5, 0.6) is 0 Å². The molecule has 0 heterocycles. The molecule has 104 valence electrons. The predicted molar refractivity (Wildman–Crippen MR) is 77.1 cm³/mol. The summed E-state index contributed by atoms with van der Waals surface area (Å²) in [6, 6.07) is 0. The van der Waals surface area contributed by atoms with Crippen LogP contribution < -0.4 is 0 Å². The number of hydrogen-bond donors (Lipinski definition) is 1. The first-order chi connectivity index (χ1) is 7.17. The molecule has 1 unspecified atom stereocenters. The second-order valence-electron chi connectivity index (χ2n) is 8.43. The van der Waals surface area contributed by atoms with E-state index in [4.69, 9.17) is 0 Å². The molecule has 0 aromatic heterocycles. The molecule has 0 rings (SSSR count). The normalized spacial score (nSPS) is 18.4. The first kappa shape index (κ1) is 17.0. The van der Waals surface area contributed by atoms with E-state index < -0.39 is 5.60 Å². The summed E-state index contributed by atoms with van der Waals surface area (Å²) in [7, 11) is 0. The number of hydrogen-bond acceptors (Lipinski definition) is 1. The zero-order valence-corrected chi connectivity index (χ0v) is 13.7. The van der Waals surface area contributed by atoms with Gasteiger partial charge in [0.2, 0.25) is 0 Å². The Labute approximate surface area is 109 Å². The van der Waals surface area contributed by atoms with E-state index in [-0.39, 0.29) is 16.2 Å². The van der Waals surface area contributed by atoms with Crippen molar-refractivity contribution >= 4 is 0 Å².